The molecule has 4 heteroatoms. The second-order valence-electron chi connectivity index (χ2n) is 5.50. The Balaban J connectivity index is 2.31. The van der Waals surface area contributed by atoms with E-state index in [9.17, 15) is 0 Å². The van der Waals surface area contributed by atoms with Gasteiger partial charge in [0.05, 0.1) is 5.69 Å². The summed E-state index contributed by atoms with van der Waals surface area (Å²) in [4.78, 5) is 6.97. The van der Waals surface area contributed by atoms with Crippen molar-refractivity contribution in [2.45, 2.75) is 45.4 Å². The largest absolute Gasteiger partial charge is 0.375 e. The molecule has 0 unspecified atom stereocenters. The number of nitrogens with zero attached hydrogens (tertiary/aromatic N) is 2. The first-order chi connectivity index (χ1) is 7.48. The number of hydrogen-bond acceptors (Lipinski definition) is 4. The standard InChI is InChI=1S/C12H21N3S/c1-12(2,3)9-10(16-11(13)14-9)15-7-5-4-6-8-15/h4-8H2,1-3H3,(H2,13,14). The van der Waals surface area contributed by atoms with E-state index in [0.717, 1.165) is 18.8 Å². The first-order valence-corrected chi connectivity index (χ1v) is 6.82. The topological polar surface area (TPSA) is 42.1 Å². The van der Waals surface area contributed by atoms with Gasteiger partial charge in [-0.15, -0.1) is 0 Å². The van der Waals surface area contributed by atoms with Crippen LogP contribution in [0, 0.1) is 0 Å². The zero-order chi connectivity index (χ0) is 11.8. The summed E-state index contributed by atoms with van der Waals surface area (Å²) in [7, 11) is 0. The average molecular weight is 239 g/mol. The molecule has 1 aliphatic heterocycles. The molecule has 1 aromatic rings. The lowest BCUT2D eigenvalue weighted by atomic mass is 9.92. The third kappa shape index (κ3) is 2.32. The van der Waals surface area contributed by atoms with Crippen LogP contribution in [-0.2, 0) is 5.41 Å². The highest BCUT2D eigenvalue weighted by atomic mass is 32.1. The smallest absolute Gasteiger partial charge is 0.182 e. The number of rotatable bonds is 1. The van der Waals surface area contributed by atoms with Gasteiger partial charge in [-0.2, -0.15) is 0 Å². The van der Waals surface area contributed by atoms with Gasteiger partial charge in [0, 0.05) is 18.5 Å². The van der Waals surface area contributed by atoms with E-state index in [1.165, 1.54) is 24.3 Å². The maximum absolute atomic E-state index is 5.86. The molecule has 3 nitrogen and oxygen atoms in total. The Morgan fingerprint density at radius 3 is 2.38 bits per heavy atom. The molecule has 2 N–H and O–H groups in total. The summed E-state index contributed by atoms with van der Waals surface area (Å²) in [6.45, 7) is 8.92. The number of piperidine rings is 1. The Bertz CT molecular complexity index is 359. The normalized spacial score (nSPS) is 17.8. The van der Waals surface area contributed by atoms with E-state index in [0.29, 0.717) is 5.13 Å². The fourth-order valence-corrected chi connectivity index (χ4v) is 3.22. The van der Waals surface area contributed by atoms with Crippen molar-refractivity contribution >= 4 is 21.5 Å². The molecule has 0 atom stereocenters. The molecule has 0 spiro atoms. The van der Waals surface area contributed by atoms with Crippen molar-refractivity contribution in [3.63, 3.8) is 0 Å². The average Bonchev–Trinajstić information content (AvgIpc) is 2.61. The summed E-state index contributed by atoms with van der Waals surface area (Å²) in [5.74, 6) is 0. The third-order valence-corrected chi connectivity index (χ3v) is 3.92. The van der Waals surface area contributed by atoms with E-state index in [-0.39, 0.29) is 5.41 Å². The first kappa shape index (κ1) is 11.7. The molecule has 0 bridgehead atoms. The quantitative estimate of drug-likeness (QED) is 0.819. The Morgan fingerprint density at radius 2 is 1.81 bits per heavy atom. The molecule has 0 radical (unpaired) electrons. The minimum Gasteiger partial charge on any atom is -0.375 e. The Kier molecular flexibility index (Phi) is 3.10. The molecule has 2 heterocycles. The molecule has 1 saturated heterocycles. The van der Waals surface area contributed by atoms with E-state index in [2.05, 4.69) is 30.7 Å². The monoisotopic (exact) mass is 239 g/mol. The van der Waals surface area contributed by atoms with Gasteiger partial charge in [-0.05, 0) is 19.3 Å². The van der Waals surface area contributed by atoms with E-state index >= 15 is 0 Å². The second-order valence-corrected chi connectivity index (χ2v) is 6.51. The van der Waals surface area contributed by atoms with Crippen LogP contribution in [0.25, 0.3) is 0 Å². The minimum absolute atomic E-state index is 0.0842. The SMILES string of the molecule is CC(C)(C)c1nc(N)sc1N1CCCCC1. The highest BCUT2D eigenvalue weighted by molar-refractivity contribution is 7.19. The van der Waals surface area contributed by atoms with Crippen LogP contribution in [0.15, 0.2) is 0 Å². The van der Waals surface area contributed by atoms with Crippen molar-refractivity contribution in [3.8, 4) is 0 Å². The highest BCUT2D eigenvalue weighted by Gasteiger charge is 2.26. The van der Waals surface area contributed by atoms with E-state index < -0.39 is 0 Å². The molecule has 0 saturated carbocycles. The number of aromatic nitrogens is 1. The van der Waals surface area contributed by atoms with Gasteiger partial charge in [-0.25, -0.2) is 4.98 Å². The van der Waals surface area contributed by atoms with Crippen molar-refractivity contribution in [3.05, 3.63) is 5.69 Å². The van der Waals surface area contributed by atoms with Gasteiger partial charge in [-0.1, -0.05) is 32.1 Å². The molecule has 0 amide bonds. The van der Waals surface area contributed by atoms with Crippen molar-refractivity contribution in [1.29, 1.82) is 0 Å². The minimum atomic E-state index is 0.0842. The van der Waals surface area contributed by atoms with Crippen molar-refractivity contribution in [2.75, 3.05) is 23.7 Å². The summed E-state index contributed by atoms with van der Waals surface area (Å²) in [5, 5.41) is 2.00. The van der Waals surface area contributed by atoms with Gasteiger partial charge in [0.15, 0.2) is 5.13 Å². The molecule has 0 aromatic carbocycles. The van der Waals surface area contributed by atoms with Gasteiger partial charge < -0.3 is 10.6 Å². The van der Waals surface area contributed by atoms with Crippen molar-refractivity contribution in [1.82, 2.24) is 4.98 Å². The number of thiazole rings is 1. The summed E-state index contributed by atoms with van der Waals surface area (Å²) in [6, 6.07) is 0. The van der Waals surface area contributed by atoms with E-state index in [4.69, 9.17) is 5.73 Å². The van der Waals surface area contributed by atoms with Crippen LogP contribution >= 0.6 is 11.3 Å². The molecule has 1 fully saturated rings. The molecule has 2 rings (SSSR count). The second kappa shape index (κ2) is 4.24. The summed E-state index contributed by atoms with van der Waals surface area (Å²) in [5.41, 5.74) is 7.11. The van der Waals surface area contributed by atoms with Crippen LogP contribution in [0.2, 0.25) is 0 Å². The predicted molar refractivity (Wildman–Crippen MR) is 71.3 cm³/mol. The lowest BCUT2D eigenvalue weighted by Crippen LogP contribution is -2.30. The highest BCUT2D eigenvalue weighted by Crippen LogP contribution is 2.38. The summed E-state index contributed by atoms with van der Waals surface area (Å²) in [6.07, 6.45) is 3.94. The molecule has 0 aliphatic carbocycles. The molecular weight excluding hydrogens is 218 g/mol. The lowest BCUT2D eigenvalue weighted by molar-refractivity contribution is 0.550. The summed E-state index contributed by atoms with van der Waals surface area (Å²) >= 11 is 1.64. The molecule has 16 heavy (non-hydrogen) atoms. The van der Waals surface area contributed by atoms with Gasteiger partial charge >= 0.3 is 0 Å². The Morgan fingerprint density at radius 1 is 1.19 bits per heavy atom. The molecule has 90 valence electrons. The zero-order valence-corrected chi connectivity index (χ0v) is 11.2. The van der Waals surface area contributed by atoms with Crippen LogP contribution in [0.4, 0.5) is 10.1 Å². The third-order valence-electron chi connectivity index (χ3n) is 2.98. The maximum atomic E-state index is 5.86. The van der Waals surface area contributed by atoms with E-state index in [1.54, 1.807) is 11.3 Å². The predicted octanol–water partition coefficient (Wildman–Crippen LogP) is 3.01. The first-order valence-electron chi connectivity index (χ1n) is 6.00. The fourth-order valence-electron chi connectivity index (χ4n) is 2.13. The Labute approximate surface area is 102 Å². The number of hydrogen-bond donors (Lipinski definition) is 1. The molecule has 1 aromatic heterocycles. The fraction of sp³-hybridized carbons (Fsp3) is 0.750. The van der Waals surface area contributed by atoms with Gasteiger partial charge in [0.2, 0.25) is 0 Å². The van der Waals surface area contributed by atoms with Crippen LogP contribution in [0.5, 0.6) is 0 Å². The van der Waals surface area contributed by atoms with Crippen LogP contribution in [0.1, 0.15) is 45.7 Å². The number of nitrogens with two attached hydrogens (primary N) is 1. The van der Waals surface area contributed by atoms with Gasteiger partial charge in [0.1, 0.15) is 5.00 Å². The summed E-state index contributed by atoms with van der Waals surface area (Å²) < 4.78 is 0. The van der Waals surface area contributed by atoms with Crippen molar-refractivity contribution in [2.24, 2.45) is 0 Å². The molecular formula is C12H21N3S. The van der Waals surface area contributed by atoms with Gasteiger partial charge in [-0.3, -0.25) is 0 Å². The lowest BCUT2D eigenvalue weighted by Gasteiger charge is -2.30. The Hall–Kier alpha value is -0.770. The maximum Gasteiger partial charge on any atom is 0.182 e. The van der Waals surface area contributed by atoms with Crippen LogP contribution < -0.4 is 10.6 Å². The molecule has 1 aliphatic rings. The van der Waals surface area contributed by atoms with E-state index in [1.807, 2.05) is 0 Å². The number of anilines is 2. The number of nitrogen functional groups attached to an aromatic ring is 1. The van der Waals surface area contributed by atoms with Gasteiger partial charge in [0.25, 0.3) is 0 Å². The van der Waals surface area contributed by atoms with Crippen molar-refractivity contribution < 1.29 is 0 Å². The van der Waals surface area contributed by atoms with Crippen LogP contribution in [0.3, 0.4) is 0 Å². The zero-order valence-electron chi connectivity index (χ0n) is 10.4. The van der Waals surface area contributed by atoms with Crippen LogP contribution in [-0.4, -0.2) is 18.1 Å².